The van der Waals surface area contributed by atoms with Gasteiger partial charge in [-0.15, -0.1) is 0 Å². The zero-order chi connectivity index (χ0) is 11.6. The first-order valence-electron chi connectivity index (χ1n) is 5.33. The van der Waals surface area contributed by atoms with Crippen LogP contribution in [0.3, 0.4) is 0 Å². The zero-order valence-electron chi connectivity index (χ0n) is 10.1. The molecule has 84 valence electrons. The van der Waals surface area contributed by atoms with Crippen molar-refractivity contribution in [2.24, 2.45) is 5.92 Å². The maximum Gasteiger partial charge on any atom is 0.135 e. The van der Waals surface area contributed by atoms with Gasteiger partial charge in [0.1, 0.15) is 11.0 Å². The minimum Gasteiger partial charge on any atom is -0.237 e. The molecule has 1 heterocycles. The van der Waals surface area contributed by atoms with Gasteiger partial charge in [0.05, 0.1) is 0 Å². The van der Waals surface area contributed by atoms with Crippen LogP contribution >= 0.6 is 11.6 Å². The highest BCUT2D eigenvalue weighted by atomic mass is 35.5. The summed E-state index contributed by atoms with van der Waals surface area (Å²) in [5.41, 5.74) is 0.992. The van der Waals surface area contributed by atoms with E-state index in [-0.39, 0.29) is 5.41 Å². The van der Waals surface area contributed by atoms with Gasteiger partial charge in [0.25, 0.3) is 0 Å². The Kier molecular flexibility index (Phi) is 3.72. The Labute approximate surface area is 97.1 Å². The van der Waals surface area contributed by atoms with Crippen molar-refractivity contribution >= 4 is 11.6 Å². The fourth-order valence-corrected chi connectivity index (χ4v) is 1.53. The Hall–Kier alpha value is -0.630. The molecule has 0 amide bonds. The molecule has 0 aliphatic heterocycles. The Bertz CT molecular complexity index is 340. The van der Waals surface area contributed by atoms with Crippen molar-refractivity contribution in [2.75, 3.05) is 0 Å². The molecule has 0 saturated heterocycles. The first-order chi connectivity index (χ1) is 6.79. The summed E-state index contributed by atoms with van der Waals surface area (Å²) in [5.74, 6) is 1.41. The molecule has 1 aromatic rings. The third-order valence-electron chi connectivity index (χ3n) is 2.04. The lowest BCUT2D eigenvalue weighted by molar-refractivity contribution is 0.535. The molecule has 0 aliphatic carbocycles. The lowest BCUT2D eigenvalue weighted by atomic mass is 9.95. The summed E-state index contributed by atoms with van der Waals surface area (Å²) in [6, 6.07) is 1.86. The van der Waals surface area contributed by atoms with Crippen molar-refractivity contribution in [3.63, 3.8) is 0 Å². The van der Waals surface area contributed by atoms with Gasteiger partial charge >= 0.3 is 0 Å². The summed E-state index contributed by atoms with van der Waals surface area (Å²) < 4.78 is 0. The molecule has 1 aromatic heterocycles. The molecule has 0 bridgehead atoms. The van der Waals surface area contributed by atoms with E-state index in [1.54, 1.807) is 0 Å². The summed E-state index contributed by atoms with van der Waals surface area (Å²) in [5, 5.41) is 0.547. The molecule has 2 nitrogen and oxygen atoms in total. The molecule has 0 spiro atoms. The highest BCUT2D eigenvalue weighted by Gasteiger charge is 2.18. The van der Waals surface area contributed by atoms with E-state index < -0.39 is 0 Å². The number of rotatable bonds is 2. The van der Waals surface area contributed by atoms with Gasteiger partial charge in [-0.1, -0.05) is 46.2 Å². The van der Waals surface area contributed by atoms with Crippen LogP contribution in [0.1, 0.15) is 46.1 Å². The maximum absolute atomic E-state index is 5.99. The van der Waals surface area contributed by atoms with Crippen LogP contribution in [-0.4, -0.2) is 9.97 Å². The van der Waals surface area contributed by atoms with Crippen molar-refractivity contribution in [1.82, 2.24) is 9.97 Å². The molecular weight excluding hydrogens is 208 g/mol. The minimum atomic E-state index is -0.0450. The monoisotopic (exact) mass is 226 g/mol. The molecule has 0 radical (unpaired) electrons. The van der Waals surface area contributed by atoms with E-state index in [4.69, 9.17) is 11.6 Å². The number of aromatic nitrogens is 2. The molecule has 3 heteroatoms. The highest BCUT2D eigenvalue weighted by Crippen LogP contribution is 2.21. The van der Waals surface area contributed by atoms with Crippen LogP contribution in [0.4, 0.5) is 0 Å². The van der Waals surface area contributed by atoms with Gasteiger partial charge in [-0.05, 0) is 18.4 Å². The van der Waals surface area contributed by atoms with Crippen molar-refractivity contribution in [2.45, 2.75) is 46.5 Å². The summed E-state index contributed by atoms with van der Waals surface area (Å²) in [4.78, 5) is 8.82. The minimum absolute atomic E-state index is 0.0450. The normalized spacial score (nSPS) is 12.2. The topological polar surface area (TPSA) is 25.8 Å². The smallest absolute Gasteiger partial charge is 0.135 e. The predicted molar refractivity (Wildman–Crippen MR) is 64.3 cm³/mol. The second-order valence-corrected chi connectivity index (χ2v) is 5.74. The summed E-state index contributed by atoms with van der Waals surface area (Å²) in [6.07, 6.45) is 0.950. The third kappa shape index (κ3) is 3.78. The van der Waals surface area contributed by atoms with E-state index in [1.807, 2.05) is 6.07 Å². The van der Waals surface area contributed by atoms with Crippen LogP contribution in [-0.2, 0) is 11.8 Å². The summed E-state index contributed by atoms with van der Waals surface area (Å²) in [6.45, 7) is 10.6. The van der Waals surface area contributed by atoms with Crippen LogP contribution in [0, 0.1) is 5.92 Å². The molecule has 0 atom stereocenters. The van der Waals surface area contributed by atoms with Gasteiger partial charge < -0.3 is 0 Å². The van der Waals surface area contributed by atoms with Gasteiger partial charge in [-0.3, -0.25) is 0 Å². The molecule has 1 rings (SSSR count). The van der Waals surface area contributed by atoms with Crippen LogP contribution < -0.4 is 0 Å². The number of nitrogens with zero attached hydrogens (tertiary/aromatic N) is 2. The van der Waals surface area contributed by atoms with Gasteiger partial charge in [0, 0.05) is 11.1 Å². The molecule has 0 unspecified atom stereocenters. The Morgan fingerprint density at radius 2 is 1.87 bits per heavy atom. The molecule has 0 aliphatic rings. The average Bonchev–Trinajstić information content (AvgIpc) is 1.99. The van der Waals surface area contributed by atoms with E-state index in [2.05, 4.69) is 44.6 Å². The van der Waals surface area contributed by atoms with Gasteiger partial charge in [-0.25, -0.2) is 9.97 Å². The van der Waals surface area contributed by atoms with E-state index >= 15 is 0 Å². The molecule has 0 aromatic carbocycles. The van der Waals surface area contributed by atoms with E-state index in [1.165, 1.54) is 0 Å². The van der Waals surface area contributed by atoms with Crippen LogP contribution in [0.15, 0.2) is 6.07 Å². The average molecular weight is 227 g/mol. The predicted octanol–water partition coefficient (Wildman–Crippen LogP) is 3.63. The number of hydrogen-bond donors (Lipinski definition) is 0. The molecule has 0 fully saturated rings. The van der Waals surface area contributed by atoms with Crippen LogP contribution in [0.2, 0.25) is 5.15 Å². The summed E-state index contributed by atoms with van der Waals surface area (Å²) in [7, 11) is 0. The second kappa shape index (κ2) is 4.48. The van der Waals surface area contributed by atoms with Crippen molar-refractivity contribution < 1.29 is 0 Å². The zero-order valence-corrected chi connectivity index (χ0v) is 10.9. The van der Waals surface area contributed by atoms with Gasteiger partial charge in [0.15, 0.2) is 0 Å². The van der Waals surface area contributed by atoms with Crippen molar-refractivity contribution in [3.05, 3.63) is 22.7 Å². The third-order valence-corrected chi connectivity index (χ3v) is 2.23. The first kappa shape index (κ1) is 12.4. The molecule has 0 saturated carbocycles. The van der Waals surface area contributed by atoms with Gasteiger partial charge in [0.2, 0.25) is 0 Å². The standard InChI is InChI=1S/C12H19ClN2/c1-8(2)6-9-7-10(13)15-11(14-9)12(3,4)5/h7-8H,6H2,1-5H3. The lowest BCUT2D eigenvalue weighted by Crippen LogP contribution is -2.17. The Balaban J connectivity index is 3.06. The SMILES string of the molecule is CC(C)Cc1cc(Cl)nc(C(C)(C)C)n1. The van der Waals surface area contributed by atoms with E-state index in [0.717, 1.165) is 17.9 Å². The first-order valence-corrected chi connectivity index (χ1v) is 5.71. The van der Waals surface area contributed by atoms with Gasteiger partial charge in [-0.2, -0.15) is 0 Å². The quantitative estimate of drug-likeness (QED) is 0.720. The Morgan fingerprint density at radius 3 is 2.33 bits per heavy atom. The molecular formula is C12H19ClN2. The largest absolute Gasteiger partial charge is 0.237 e. The van der Waals surface area contributed by atoms with E-state index in [0.29, 0.717) is 11.1 Å². The fourth-order valence-electron chi connectivity index (χ4n) is 1.32. The highest BCUT2D eigenvalue weighted by molar-refractivity contribution is 6.29. The van der Waals surface area contributed by atoms with Crippen molar-refractivity contribution in [1.29, 1.82) is 0 Å². The second-order valence-electron chi connectivity index (χ2n) is 5.35. The summed E-state index contributed by atoms with van der Waals surface area (Å²) >= 11 is 5.99. The Morgan fingerprint density at radius 1 is 1.27 bits per heavy atom. The van der Waals surface area contributed by atoms with E-state index in [9.17, 15) is 0 Å². The van der Waals surface area contributed by atoms with Crippen LogP contribution in [0.5, 0.6) is 0 Å². The fraction of sp³-hybridized carbons (Fsp3) is 0.667. The maximum atomic E-state index is 5.99. The van der Waals surface area contributed by atoms with Crippen LogP contribution in [0.25, 0.3) is 0 Å². The number of halogens is 1. The molecule has 15 heavy (non-hydrogen) atoms. The van der Waals surface area contributed by atoms with Crippen molar-refractivity contribution in [3.8, 4) is 0 Å². The number of hydrogen-bond acceptors (Lipinski definition) is 2. The molecule has 0 N–H and O–H groups in total. The lowest BCUT2D eigenvalue weighted by Gasteiger charge is -2.17.